The molecule has 0 radical (unpaired) electrons. The summed E-state index contributed by atoms with van der Waals surface area (Å²) in [6.07, 6.45) is 1.51. The van der Waals surface area contributed by atoms with Crippen LogP contribution in [0.15, 0.2) is 10.4 Å². The van der Waals surface area contributed by atoms with Gasteiger partial charge < -0.3 is 20.3 Å². The van der Waals surface area contributed by atoms with Crippen molar-refractivity contribution >= 4 is 23.4 Å². The summed E-state index contributed by atoms with van der Waals surface area (Å²) in [6.45, 7) is 6.36. The van der Waals surface area contributed by atoms with E-state index in [1.54, 1.807) is 23.3 Å². The maximum absolute atomic E-state index is 11.5. The lowest BCUT2D eigenvalue weighted by atomic mass is 10.1. The van der Waals surface area contributed by atoms with Gasteiger partial charge in [0.2, 0.25) is 0 Å². The largest absolute Gasteiger partial charge is 0.453 e. The van der Waals surface area contributed by atoms with Gasteiger partial charge in [0.25, 0.3) is 0 Å². The van der Waals surface area contributed by atoms with Gasteiger partial charge in [0.15, 0.2) is 5.96 Å². The van der Waals surface area contributed by atoms with Crippen molar-refractivity contribution in [2.45, 2.75) is 45.2 Å². The molecule has 0 unspecified atom stereocenters. The van der Waals surface area contributed by atoms with Gasteiger partial charge in [0, 0.05) is 37.5 Å². The summed E-state index contributed by atoms with van der Waals surface area (Å²) < 4.78 is 4.76. The van der Waals surface area contributed by atoms with Crippen LogP contribution in [0.5, 0.6) is 0 Å². The molecule has 1 aliphatic rings. The Hall–Kier alpha value is -1.83. The number of carbonyl (C=O) groups excluding carboxylic acids is 1. The van der Waals surface area contributed by atoms with Gasteiger partial charge in [0.1, 0.15) is 0 Å². The highest BCUT2D eigenvalue weighted by Gasteiger charge is 2.23. The first kappa shape index (κ1) is 18.5. The molecule has 7 nitrogen and oxygen atoms in total. The average molecular weight is 353 g/mol. The normalized spacial score (nSPS) is 16.4. The topological polar surface area (TPSA) is 78.9 Å². The molecule has 0 aromatic carbocycles. The quantitative estimate of drug-likeness (QED) is 0.641. The predicted molar refractivity (Wildman–Crippen MR) is 96.5 cm³/mol. The van der Waals surface area contributed by atoms with Crippen molar-refractivity contribution < 1.29 is 9.53 Å². The fourth-order valence-corrected chi connectivity index (χ4v) is 3.40. The van der Waals surface area contributed by atoms with Crippen LogP contribution < -0.4 is 10.6 Å². The van der Waals surface area contributed by atoms with Gasteiger partial charge in [-0.25, -0.2) is 9.78 Å². The summed E-state index contributed by atoms with van der Waals surface area (Å²) in [6, 6.07) is 0.304. The Morgan fingerprint density at radius 3 is 2.75 bits per heavy atom. The number of hydrogen-bond acceptors (Lipinski definition) is 5. The van der Waals surface area contributed by atoms with E-state index in [9.17, 15) is 4.79 Å². The van der Waals surface area contributed by atoms with Gasteiger partial charge in [-0.2, -0.15) is 0 Å². The summed E-state index contributed by atoms with van der Waals surface area (Å²) in [7, 11) is 3.18. The minimum atomic E-state index is -0.250. The molecule has 0 saturated carbocycles. The Morgan fingerprint density at radius 2 is 2.21 bits per heavy atom. The second-order valence-corrected chi connectivity index (χ2v) is 7.02. The molecule has 8 heteroatoms. The van der Waals surface area contributed by atoms with Crippen LogP contribution in [0.2, 0.25) is 0 Å². The molecule has 0 atom stereocenters. The number of hydrogen-bond donors (Lipinski definition) is 2. The van der Waals surface area contributed by atoms with E-state index in [1.165, 1.54) is 7.11 Å². The molecular weight excluding hydrogens is 326 g/mol. The predicted octanol–water partition coefficient (Wildman–Crippen LogP) is 2.16. The lowest BCUT2D eigenvalue weighted by Crippen LogP contribution is -2.49. The molecule has 1 aromatic rings. The second kappa shape index (κ2) is 8.86. The zero-order chi connectivity index (χ0) is 17.5. The number of piperidine rings is 1. The molecule has 2 rings (SSSR count). The molecule has 2 N–H and O–H groups in total. The lowest BCUT2D eigenvalue weighted by molar-refractivity contribution is 0.111. The molecule has 1 amide bonds. The van der Waals surface area contributed by atoms with Crippen molar-refractivity contribution in [2.24, 2.45) is 4.99 Å². The van der Waals surface area contributed by atoms with Gasteiger partial charge in [0.05, 0.1) is 24.4 Å². The lowest BCUT2D eigenvalue weighted by Gasteiger charge is -2.32. The Kier molecular flexibility index (Phi) is 6.84. The van der Waals surface area contributed by atoms with Crippen LogP contribution in [0, 0.1) is 0 Å². The van der Waals surface area contributed by atoms with Gasteiger partial charge in [-0.05, 0) is 12.8 Å². The van der Waals surface area contributed by atoms with E-state index in [1.807, 2.05) is 0 Å². The average Bonchev–Trinajstić information content (AvgIpc) is 3.07. The van der Waals surface area contributed by atoms with Crippen LogP contribution in [-0.4, -0.2) is 55.2 Å². The molecule has 0 bridgehead atoms. The number of aromatic nitrogens is 1. The summed E-state index contributed by atoms with van der Waals surface area (Å²) in [5, 5.41) is 9.97. The highest BCUT2D eigenvalue weighted by Crippen LogP contribution is 2.19. The zero-order valence-corrected chi connectivity index (χ0v) is 15.7. The van der Waals surface area contributed by atoms with Crippen molar-refractivity contribution in [3.63, 3.8) is 0 Å². The highest BCUT2D eigenvalue weighted by molar-refractivity contribution is 7.09. The van der Waals surface area contributed by atoms with Crippen LogP contribution in [0.1, 0.15) is 43.3 Å². The molecule has 0 aliphatic carbocycles. The van der Waals surface area contributed by atoms with E-state index in [-0.39, 0.29) is 6.09 Å². The van der Waals surface area contributed by atoms with Crippen molar-refractivity contribution in [1.29, 1.82) is 0 Å². The molecule has 0 spiro atoms. The van der Waals surface area contributed by atoms with Crippen molar-refractivity contribution in [1.82, 2.24) is 20.5 Å². The van der Waals surface area contributed by atoms with E-state index in [0.29, 0.717) is 31.6 Å². The van der Waals surface area contributed by atoms with Gasteiger partial charge in [-0.15, -0.1) is 11.3 Å². The SMILES string of the molecule is CN=C(NCc1csc(C(C)C)n1)NC1CCN(C(=O)OC)CC1. The molecule has 1 saturated heterocycles. The molecule has 24 heavy (non-hydrogen) atoms. The highest BCUT2D eigenvalue weighted by atomic mass is 32.1. The van der Waals surface area contributed by atoms with Crippen LogP contribution in [0.25, 0.3) is 0 Å². The maximum atomic E-state index is 11.5. The Balaban J connectivity index is 1.77. The van der Waals surface area contributed by atoms with Crippen LogP contribution in [0.4, 0.5) is 4.79 Å². The molecule has 1 aliphatic heterocycles. The van der Waals surface area contributed by atoms with Gasteiger partial charge in [-0.1, -0.05) is 13.8 Å². The van der Waals surface area contributed by atoms with Crippen LogP contribution in [-0.2, 0) is 11.3 Å². The summed E-state index contributed by atoms with van der Waals surface area (Å²) >= 11 is 1.70. The third kappa shape index (κ3) is 5.09. The van der Waals surface area contributed by atoms with E-state index in [2.05, 4.69) is 39.8 Å². The Morgan fingerprint density at radius 1 is 1.50 bits per heavy atom. The number of rotatable bonds is 4. The number of thiazole rings is 1. The molecule has 2 heterocycles. The number of carbonyl (C=O) groups is 1. The Bertz CT molecular complexity index is 565. The second-order valence-electron chi connectivity index (χ2n) is 6.13. The first-order valence-electron chi connectivity index (χ1n) is 8.27. The standard InChI is InChI=1S/C16H27N5O2S/c1-11(2)14-19-13(10-24-14)9-18-15(17-3)20-12-5-7-21(8-6-12)16(22)23-4/h10-12H,5-9H2,1-4H3,(H2,17,18,20). The summed E-state index contributed by atoms with van der Waals surface area (Å²) in [5.41, 5.74) is 1.03. The minimum absolute atomic E-state index is 0.250. The van der Waals surface area contributed by atoms with E-state index in [4.69, 9.17) is 4.74 Å². The fraction of sp³-hybridized carbons (Fsp3) is 0.688. The smallest absolute Gasteiger partial charge is 0.409 e. The first-order valence-corrected chi connectivity index (χ1v) is 9.15. The number of nitrogens with one attached hydrogen (secondary N) is 2. The molecular formula is C16H27N5O2S. The molecule has 134 valence electrons. The maximum Gasteiger partial charge on any atom is 0.409 e. The van der Waals surface area contributed by atoms with Gasteiger partial charge >= 0.3 is 6.09 Å². The van der Waals surface area contributed by atoms with E-state index >= 15 is 0 Å². The van der Waals surface area contributed by atoms with Crippen molar-refractivity contribution in [2.75, 3.05) is 27.2 Å². The van der Waals surface area contributed by atoms with E-state index < -0.39 is 0 Å². The fourth-order valence-electron chi connectivity index (χ4n) is 2.57. The zero-order valence-electron chi connectivity index (χ0n) is 14.8. The third-order valence-electron chi connectivity index (χ3n) is 3.99. The number of methoxy groups -OCH3 is 1. The molecule has 1 fully saturated rings. The van der Waals surface area contributed by atoms with Gasteiger partial charge in [-0.3, -0.25) is 4.99 Å². The van der Waals surface area contributed by atoms with Crippen molar-refractivity contribution in [3.8, 4) is 0 Å². The number of ether oxygens (including phenoxy) is 1. The summed E-state index contributed by atoms with van der Waals surface area (Å²) in [5.74, 6) is 1.23. The Labute approximate surface area is 147 Å². The monoisotopic (exact) mass is 353 g/mol. The number of likely N-dealkylation sites (tertiary alicyclic amines) is 1. The number of guanidine groups is 1. The number of aliphatic imine (C=N–C) groups is 1. The van der Waals surface area contributed by atoms with E-state index in [0.717, 1.165) is 29.5 Å². The number of amides is 1. The minimum Gasteiger partial charge on any atom is -0.453 e. The molecule has 1 aromatic heterocycles. The summed E-state index contributed by atoms with van der Waals surface area (Å²) in [4.78, 5) is 22.1. The first-order chi connectivity index (χ1) is 11.5. The number of nitrogens with zero attached hydrogens (tertiary/aromatic N) is 3. The van der Waals surface area contributed by atoms with Crippen LogP contribution >= 0.6 is 11.3 Å². The third-order valence-corrected chi connectivity index (χ3v) is 5.19. The van der Waals surface area contributed by atoms with Crippen LogP contribution in [0.3, 0.4) is 0 Å². The van der Waals surface area contributed by atoms with Crippen molar-refractivity contribution in [3.05, 3.63) is 16.1 Å².